The van der Waals surface area contributed by atoms with E-state index in [1.807, 2.05) is 6.92 Å². The molecular weight excluding hydrogens is 130 g/mol. The number of hydrogen-bond donors (Lipinski definition) is 1. The maximum atomic E-state index is 9.92. The van der Waals surface area contributed by atoms with Crippen LogP contribution in [0.2, 0.25) is 0 Å². The molecule has 0 aromatic carbocycles. The number of H-pyrrole nitrogens is 1. The number of aromatic nitrogens is 3. The van der Waals surface area contributed by atoms with Crippen molar-refractivity contribution < 1.29 is 4.79 Å². The van der Waals surface area contributed by atoms with Crippen molar-refractivity contribution in [2.45, 2.75) is 19.8 Å². The van der Waals surface area contributed by atoms with E-state index in [-0.39, 0.29) is 0 Å². The summed E-state index contributed by atoms with van der Waals surface area (Å²) in [5, 5.41) is 6.56. The van der Waals surface area contributed by atoms with Crippen molar-refractivity contribution >= 4 is 6.29 Å². The van der Waals surface area contributed by atoms with Gasteiger partial charge in [0, 0.05) is 12.8 Å². The quantitative estimate of drug-likeness (QED) is 0.610. The third kappa shape index (κ3) is 1.65. The Morgan fingerprint density at radius 1 is 1.70 bits per heavy atom. The molecule has 0 aliphatic carbocycles. The smallest absolute Gasteiger partial charge is 0.151 e. The first-order valence-corrected chi connectivity index (χ1v) is 3.14. The van der Waals surface area contributed by atoms with Gasteiger partial charge in [-0.25, -0.2) is 4.98 Å². The average Bonchev–Trinajstić information content (AvgIpc) is 2.31. The number of carbonyl (C=O) groups is 1. The van der Waals surface area contributed by atoms with Crippen LogP contribution >= 0.6 is 0 Å². The highest BCUT2D eigenvalue weighted by Crippen LogP contribution is 1.92. The summed E-state index contributed by atoms with van der Waals surface area (Å²) in [4.78, 5) is 13.9. The lowest BCUT2D eigenvalue weighted by molar-refractivity contribution is -0.107. The SMILES string of the molecule is Cc1nc(CCC=O)n[nH]1. The molecule has 0 radical (unpaired) electrons. The van der Waals surface area contributed by atoms with Crippen LogP contribution < -0.4 is 0 Å². The van der Waals surface area contributed by atoms with Gasteiger partial charge in [-0.05, 0) is 6.92 Å². The van der Waals surface area contributed by atoms with Crippen LogP contribution in [0.5, 0.6) is 0 Å². The van der Waals surface area contributed by atoms with Crippen LogP contribution in [0, 0.1) is 6.92 Å². The van der Waals surface area contributed by atoms with E-state index in [4.69, 9.17) is 0 Å². The molecule has 10 heavy (non-hydrogen) atoms. The summed E-state index contributed by atoms with van der Waals surface area (Å²) < 4.78 is 0. The predicted octanol–water partition coefficient (Wildman–Crippen LogP) is 0.245. The predicted molar refractivity (Wildman–Crippen MR) is 35.5 cm³/mol. The number of hydrogen-bond acceptors (Lipinski definition) is 3. The van der Waals surface area contributed by atoms with E-state index in [1.165, 1.54) is 0 Å². The van der Waals surface area contributed by atoms with Crippen molar-refractivity contribution in [2.75, 3.05) is 0 Å². The summed E-state index contributed by atoms with van der Waals surface area (Å²) in [6, 6.07) is 0. The minimum absolute atomic E-state index is 0.497. The van der Waals surface area contributed by atoms with Gasteiger partial charge in [0.1, 0.15) is 12.1 Å². The van der Waals surface area contributed by atoms with Gasteiger partial charge in [-0.1, -0.05) is 0 Å². The minimum Gasteiger partial charge on any atom is -0.303 e. The lowest BCUT2D eigenvalue weighted by Crippen LogP contribution is -1.88. The molecule has 1 N–H and O–H groups in total. The number of nitrogens with one attached hydrogen (secondary N) is 1. The first-order valence-electron chi connectivity index (χ1n) is 3.14. The summed E-state index contributed by atoms with van der Waals surface area (Å²) >= 11 is 0. The molecular formula is C6H9N3O. The molecule has 1 aromatic rings. The Bertz CT molecular complexity index is 219. The van der Waals surface area contributed by atoms with Gasteiger partial charge in [0.25, 0.3) is 0 Å². The minimum atomic E-state index is 0.497. The van der Waals surface area contributed by atoms with Gasteiger partial charge in [-0.2, -0.15) is 5.10 Å². The van der Waals surface area contributed by atoms with Crippen molar-refractivity contribution in [1.82, 2.24) is 15.2 Å². The molecule has 0 aliphatic heterocycles. The maximum Gasteiger partial charge on any atom is 0.151 e. The molecule has 0 aliphatic rings. The van der Waals surface area contributed by atoms with Crippen LogP contribution in [0.15, 0.2) is 0 Å². The van der Waals surface area contributed by atoms with E-state index >= 15 is 0 Å². The number of rotatable bonds is 3. The van der Waals surface area contributed by atoms with Gasteiger partial charge < -0.3 is 4.79 Å². The Morgan fingerprint density at radius 2 is 2.50 bits per heavy atom. The normalized spacial score (nSPS) is 9.70. The molecule has 0 atom stereocenters. The molecule has 0 unspecified atom stereocenters. The van der Waals surface area contributed by atoms with E-state index in [0.29, 0.717) is 18.7 Å². The second-order valence-electron chi connectivity index (χ2n) is 2.04. The average molecular weight is 139 g/mol. The standard InChI is InChI=1S/C6H9N3O/c1-5-7-6(9-8-5)3-2-4-10/h4H,2-3H2,1H3,(H,7,8,9). The van der Waals surface area contributed by atoms with Gasteiger partial charge in [-0.15, -0.1) is 0 Å². The molecule has 0 fully saturated rings. The van der Waals surface area contributed by atoms with E-state index in [1.54, 1.807) is 0 Å². The van der Waals surface area contributed by atoms with Crippen molar-refractivity contribution in [3.8, 4) is 0 Å². The van der Waals surface area contributed by atoms with Crippen LogP contribution in [-0.2, 0) is 11.2 Å². The number of aryl methyl sites for hydroxylation is 2. The van der Waals surface area contributed by atoms with Crippen LogP contribution in [0.25, 0.3) is 0 Å². The second-order valence-corrected chi connectivity index (χ2v) is 2.04. The van der Waals surface area contributed by atoms with Gasteiger partial charge >= 0.3 is 0 Å². The zero-order chi connectivity index (χ0) is 7.40. The zero-order valence-electron chi connectivity index (χ0n) is 5.79. The third-order valence-electron chi connectivity index (χ3n) is 1.13. The van der Waals surface area contributed by atoms with Crippen LogP contribution in [0.3, 0.4) is 0 Å². The molecule has 1 rings (SSSR count). The lowest BCUT2D eigenvalue weighted by atomic mass is 10.3. The summed E-state index contributed by atoms with van der Waals surface area (Å²) in [5.41, 5.74) is 0. The maximum absolute atomic E-state index is 9.92. The monoisotopic (exact) mass is 139 g/mol. The summed E-state index contributed by atoms with van der Waals surface area (Å²) in [5.74, 6) is 1.51. The zero-order valence-corrected chi connectivity index (χ0v) is 5.79. The number of aldehydes is 1. The largest absolute Gasteiger partial charge is 0.303 e. The van der Waals surface area contributed by atoms with Gasteiger partial charge in [0.15, 0.2) is 5.82 Å². The molecule has 0 saturated carbocycles. The second kappa shape index (κ2) is 3.10. The van der Waals surface area contributed by atoms with Gasteiger partial charge in [0.2, 0.25) is 0 Å². The van der Waals surface area contributed by atoms with Crippen molar-refractivity contribution in [2.24, 2.45) is 0 Å². The third-order valence-corrected chi connectivity index (χ3v) is 1.13. The molecule has 1 heterocycles. The summed E-state index contributed by atoms with van der Waals surface area (Å²) in [6.07, 6.45) is 2.00. The number of nitrogens with zero attached hydrogens (tertiary/aromatic N) is 2. The molecule has 1 aromatic heterocycles. The first-order chi connectivity index (χ1) is 4.83. The Morgan fingerprint density at radius 3 is 3.00 bits per heavy atom. The van der Waals surface area contributed by atoms with Crippen LogP contribution in [0.4, 0.5) is 0 Å². The van der Waals surface area contributed by atoms with E-state index < -0.39 is 0 Å². The lowest BCUT2D eigenvalue weighted by Gasteiger charge is -1.82. The molecule has 0 spiro atoms. The van der Waals surface area contributed by atoms with Crippen molar-refractivity contribution in [1.29, 1.82) is 0 Å². The van der Waals surface area contributed by atoms with Crippen LogP contribution in [-0.4, -0.2) is 21.5 Å². The highest BCUT2D eigenvalue weighted by molar-refractivity contribution is 5.49. The van der Waals surface area contributed by atoms with E-state index in [0.717, 1.165) is 12.1 Å². The van der Waals surface area contributed by atoms with Crippen molar-refractivity contribution in [3.05, 3.63) is 11.6 Å². The molecule has 0 bridgehead atoms. The van der Waals surface area contributed by atoms with Crippen LogP contribution in [0.1, 0.15) is 18.1 Å². The Kier molecular flexibility index (Phi) is 2.15. The van der Waals surface area contributed by atoms with E-state index in [9.17, 15) is 4.79 Å². The fourth-order valence-electron chi connectivity index (χ4n) is 0.689. The molecule has 0 saturated heterocycles. The first kappa shape index (κ1) is 6.92. The molecule has 54 valence electrons. The summed E-state index contributed by atoms with van der Waals surface area (Å²) in [7, 11) is 0. The Balaban J connectivity index is 2.49. The topological polar surface area (TPSA) is 58.6 Å². The fraction of sp³-hybridized carbons (Fsp3) is 0.500. The number of aromatic amines is 1. The highest BCUT2D eigenvalue weighted by Gasteiger charge is 1.96. The molecule has 0 amide bonds. The molecule has 4 nitrogen and oxygen atoms in total. The Labute approximate surface area is 58.7 Å². The fourth-order valence-corrected chi connectivity index (χ4v) is 0.689. The number of carbonyl (C=O) groups excluding carboxylic acids is 1. The van der Waals surface area contributed by atoms with E-state index in [2.05, 4.69) is 15.2 Å². The van der Waals surface area contributed by atoms with Gasteiger partial charge in [0.05, 0.1) is 0 Å². The van der Waals surface area contributed by atoms with Crippen molar-refractivity contribution in [3.63, 3.8) is 0 Å². The molecule has 4 heteroatoms. The Hall–Kier alpha value is -1.19. The summed E-state index contributed by atoms with van der Waals surface area (Å²) in [6.45, 7) is 1.83. The highest BCUT2D eigenvalue weighted by atomic mass is 16.1. The van der Waals surface area contributed by atoms with Gasteiger partial charge in [-0.3, -0.25) is 5.10 Å².